The molecule has 27 heavy (non-hydrogen) atoms. The lowest BCUT2D eigenvalue weighted by atomic mass is 10.0. The van der Waals surface area contributed by atoms with Crippen molar-refractivity contribution in [3.63, 3.8) is 0 Å². The Morgan fingerprint density at radius 2 is 2.04 bits per heavy atom. The maximum atomic E-state index is 5.78. The smallest absolute Gasteiger partial charge is 0.135 e. The standard InChI is InChI=1S/C22H27N3O2/c1-16-13-25(14-17-6-8-18(26-3)9-7-17)22(19-15-24(2)11-10-23-19)21(16)20-5-4-12-27-20/h4-9,12-13,19,23H,10-11,14-15H2,1-3H3. The second-order valence-electron chi connectivity index (χ2n) is 7.29. The minimum atomic E-state index is 0.274. The third-order valence-electron chi connectivity index (χ3n) is 5.30. The second-order valence-corrected chi connectivity index (χ2v) is 7.29. The fourth-order valence-electron chi connectivity index (χ4n) is 3.97. The summed E-state index contributed by atoms with van der Waals surface area (Å²) in [7, 11) is 3.88. The Hall–Kier alpha value is -2.50. The molecule has 4 rings (SSSR count). The molecule has 3 heterocycles. The van der Waals surface area contributed by atoms with E-state index in [1.807, 2.05) is 18.2 Å². The van der Waals surface area contributed by atoms with Crippen LogP contribution in [0.2, 0.25) is 0 Å². The zero-order valence-corrected chi connectivity index (χ0v) is 16.2. The summed E-state index contributed by atoms with van der Waals surface area (Å²) >= 11 is 0. The average molecular weight is 365 g/mol. The first-order valence-electron chi connectivity index (χ1n) is 9.44. The van der Waals surface area contributed by atoms with E-state index in [1.54, 1.807) is 13.4 Å². The van der Waals surface area contributed by atoms with Crippen molar-refractivity contribution < 1.29 is 9.15 Å². The molecule has 5 nitrogen and oxygen atoms in total. The van der Waals surface area contributed by atoms with Crippen LogP contribution in [0.1, 0.15) is 22.9 Å². The summed E-state index contributed by atoms with van der Waals surface area (Å²) in [6.07, 6.45) is 3.99. The van der Waals surface area contributed by atoms with Gasteiger partial charge in [-0.05, 0) is 49.4 Å². The second kappa shape index (κ2) is 7.62. The van der Waals surface area contributed by atoms with Gasteiger partial charge in [0.05, 0.1) is 19.4 Å². The van der Waals surface area contributed by atoms with Gasteiger partial charge in [-0.1, -0.05) is 12.1 Å². The molecule has 5 heteroatoms. The highest BCUT2D eigenvalue weighted by Gasteiger charge is 2.27. The van der Waals surface area contributed by atoms with Crippen LogP contribution >= 0.6 is 0 Å². The number of nitrogens with zero attached hydrogens (tertiary/aromatic N) is 2. The van der Waals surface area contributed by atoms with E-state index < -0.39 is 0 Å². The summed E-state index contributed by atoms with van der Waals surface area (Å²) in [5.41, 5.74) is 5.00. The van der Waals surface area contributed by atoms with Crippen LogP contribution in [-0.4, -0.2) is 43.3 Å². The number of hydrogen-bond donors (Lipinski definition) is 1. The quantitative estimate of drug-likeness (QED) is 0.749. The topological polar surface area (TPSA) is 42.6 Å². The Balaban J connectivity index is 1.74. The molecule has 1 aromatic carbocycles. The third-order valence-corrected chi connectivity index (χ3v) is 5.30. The van der Waals surface area contributed by atoms with E-state index in [-0.39, 0.29) is 6.04 Å². The van der Waals surface area contributed by atoms with Crippen molar-refractivity contribution >= 4 is 0 Å². The van der Waals surface area contributed by atoms with Crippen LogP contribution in [0.5, 0.6) is 5.75 Å². The summed E-state index contributed by atoms with van der Waals surface area (Å²) in [4.78, 5) is 2.38. The van der Waals surface area contributed by atoms with Gasteiger partial charge in [0.2, 0.25) is 0 Å². The highest BCUT2D eigenvalue weighted by Crippen LogP contribution is 2.35. The van der Waals surface area contributed by atoms with E-state index >= 15 is 0 Å². The van der Waals surface area contributed by atoms with E-state index in [0.29, 0.717) is 0 Å². The lowest BCUT2D eigenvalue weighted by Crippen LogP contribution is -2.44. The number of aromatic nitrogens is 1. The summed E-state index contributed by atoms with van der Waals surface area (Å²) in [5, 5.41) is 3.70. The van der Waals surface area contributed by atoms with Gasteiger partial charge in [-0.3, -0.25) is 0 Å². The van der Waals surface area contributed by atoms with Crippen LogP contribution in [0.3, 0.4) is 0 Å². The van der Waals surface area contributed by atoms with Gasteiger partial charge in [0.15, 0.2) is 0 Å². The highest BCUT2D eigenvalue weighted by molar-refractivity contribution is 5.66. The minimum Gasteiger partial charge on any atom is -0.497 e. The first-order valence-corrected chi connectivity index (χ1v) is 9.44. The Labute approximate surface area is 160 Å². The molecule has 0 amide bonds. The molecule has 1 saturated heterocycles. The summed E-state index contributed by atoms with van der Waals surface area (Å²) in [5.74, 6) is 1.82. The Bertz CT molecular complexity index is 881. The Kier molecular flexibility index (Phi) is 5.05. The molecular weight excluding hydrogens is 338 g/mol. The number of piperazine rings is 1. The monoisotopic (exact) mass is 365 g/mol. The number of hydrogen-bond acceptors (Lipinski definition) is 4. The predicted molar refractivity (Wildman–Crippen MR) is 107 cm³/mol. The molecule has 3 aromatic rings. The number of likely N-dealkylation sites (N-methyl/N-ethyl adjacent to an activating group) is 1. The van der Waals surface area contributed by atoms with Crippen molar-refractivity contribution in [1.82, 2.24) is 14.8 Å². The number of aryl methyl sites for hydroxylation is 1. The molecule has 0 radical (unpaired) electrons. The van der Waals surface area contributed by atoms with Gasteiger partial charge in [0.25, 0.3) is 0 Å². The zero-order valence-electron chi connectivity index (χ0n) is 16.2. The fraction of sp³-hybridized carbons (Fsp3) is 0.364. The van der Waals surface area contributed by atoms with Crippen LogP contribution in [0.25, 0.3) is 11.3 Å². The molecule has 0 spiro atoms. The molecule has 1 N–H and O–H groups in total. The largest absolute Gasteiger partial charge is 0.497 e. The van der Waals surface area contributed by atoms with Crippen molar-refractivity contribution in [3.05, 3.63) is 65.7 Å². The van der Waals surface area contributed by atoms with Crippen LogP contribution in [0.15, 0.2) is 53.3 Å². The molecule has 142 valence electrons. The molecule has 1 aliphatic rings. The summed E-state index contributed by atoms with van der Waals surface area (Å²) < 4.78 is 13.4. The number of benzene rings is 1. The van der Waals surface area contributed by atoms with Gasteiger partial charge in [0.1, 0.15) is 11.5 Å². The Morgan fingerprint density at radius 1 is 1.22 bits per heavy atom. The molecule has 2 aromatic heterocycles. The third kappa shape index (κ3) is 3.66. The van der Waals surface area contributed by atoms with E-state index in [4.69, 9.17) is 9.15 Å². The molecule has 0 saturated carbocycles. The number of ether oxygens (including phenoxy) is 1. The van der Waals surface area contributed by atoms with Gasteiger partial charge in [-0.15, -0.1) is 0 Å². The summed E-state index contributed by atoms with van der Waals surface area (Å²) in [6, 6.07) is 12.6. The van der Waals surface area contributed by atoms with Crippen LogP contribution in [0, 0.1) is 6.92 Å². The van der Waals surface area contributed by atoms with Crippen LogP contribution in [0.4, 0.5) is 0 Å². The summed E-state index contributed by atoms with van der Waals surface area (Å²) in [6.45, 7) is 6.04. The molecule has 1 atom stereocenters. The first-order chi connectivity index (χ1) is 13.2. The maximum absolute atomic E-state index is 5.78. The molecular formula is C22H27N3O2. The number of methoxy groups -OCH3 is 1. The molecule has 1 fully saturated rings. The Morgan fingerprint density at radius 3 is 2.70 bits per heavy atom. The molecule has 1 unspecified atom stereocenters. The van der Waals surface area contributed by atoms with Crippen molar-refractivity contribution in [2.75, 3.05) is 33.8 Å². The first kappa shape index (κ1) is 17.9. The highest BCUT2D eigenvalue weighted by atomic mass is 16.5. The van der Waals surface area contributed by atoms with Gasteiger partial charge in [-0.2, -0.15) is 0 Å². The molecule has 0 bridgehead atoms. The van der Waals surface area contributed by atoms with E-state index in [0.717, 1.165) is 37.7 Å². The van der Waals surface area contributed by atoms with Crippen molar-refractivity contribution in [2.24, 2.45) is 0 Å². The molecule has 0 aliphatic carbocycles. The van der Waals surface area contributed by atoms with Gasteiger partial charge in [-0.25, -0.2) is 0 Å². The zero-order chi connectivity index (χ0) is 18.8. The van der Waals surface area contributed by atoms with E-state index in [1.165, 1.54) is 22.4 Å². The predicted octanol–water partition coefficient (Wildman–Crippen LogP) is 3.69. The van der Waals surface area contributed by atoms with Crippen molar-refractivity contribution in [1.29, 1.82) is 0 Å². The maximum Gasteiger partial charge on any atom is 0.135 e. The average Bonchev–Trinajstić information content (AvgIpc) is 3.30. The fourth-order valence-corrected chi connectivity index (χ4v) is 3.97. The lowest BCUT2D eigenvalue weighted by Gasteiger charge is -2.32. The van der Waals surface area contributed by atoms with E-state index in [9.17, 15) is 0 Å². The number of rotatable bonds is 5. The minimum absolute atomic E-state index is 0.274. The SMILES string of the molecule is COc1ccc(Cn2cc(C)c(-c3ccco3)c2C2CN(C)CCN2)cc1. The van der Waals surface area contributed by atoms with E-state index in [2.05, 4.69) is 53.2 Å². The number of furan rings is 1. The van der Waals surface area contributed by atoms with Crippen molar-refractivity contribution in [3.8, 4) is 17.1 Å². The molecule has 1 aliphatic heterocycles. The number of nitrogens with one attached hydrogen (secondary N) is 1. The van der Waals surface area contributed by atoms with Gasteiger partial charge >= 0.3 is 0 Å². The van der Waals surface area contributed by atoms with Crippen molar-refractivity contribution in [2.45, 2.75) is 19.5 Å². The van der Waals surface area contributed by atoms with Gasteiger partial charge < -0.3 is 23.9 Å². The lowest BCUT2D eigenvalue weighted by molar-refractivity contribution is 0.236. The van der Waals surface area contributed by atoms with Crippen LogP contribution in [-0.2, 0) is 6.54 Å². The van der Waals surface area contributed by atoms with Gasteiger partial charge in [0, 0.05) is 43.6 Å². The van der Waals surface area contributed by atoms with Crippen LogP contribution < -0.4 is 10.1 Å². The normalized spacial score (nSPS) is 18.0.